The van der Waals surface area contributed by atoms with Crippen molar-refractivity contribution >= 4 is 39.1 Å². The number of hydrogen-bond donors (Lipinski definition) is 1. The van der Waals surface area contributed by atoms with Crippen LogP contribution in [0.1, 0.15) is 0 Å². The van der Waals surface area contributed by atoms with Gasteiger partial charge in [-0.2, -0.15) is 8.99 Å². The molecule has 1 N–H and O–H groups in total. The SMILES string of the molecule is CS(=O)(=O)N1CCN(c2ccccc2NC(=O)CSc2nnnn2-c2ccccc2)CC1. The van der Waals surface area contributed by atoms with Crippen molar-refractivity contribution in [2.24, 2.45) is 0 Å². The molecule has 3 aromatic rings. The number of nitrogens with one attached hydrogen (secondary N) is 1. The van der Waals surface area contributed by atoms with Crippen LogP contribution in [0, 0.1) is 0 Å². The van der Waals surface area contributed by atoms with E-state index in [0.717, 1.165) is 11.4 Å². The van der Waals surface area contributed by atoms with Gasteiger partial charge in [-0.05, 0) is 34.7 Å². The highest BCUT2D eigenvalue weighted by Crippen LogP contribution is 2.27. The Labute approximate surface area is 190 Å². The first-order valence-electron chi connectivity index (χ1n) is 9.97. The van der Waals surface area contributed by atoms with Crippen LogP contribution in [0.2, 0.25) is 0 Å². The van der Waals surface area contributed by atoms with E-state index < -0.39 is 10.0 Å². The Morgan fingerprint density at radius 1 is 1.03 bits per heavy atom. The third-order valence-electron chi connectivity index (χ3n) is 5.00. The minimum Gasteiger partial charge on any atom is -0.367 e. The van der Waals surface area contributed by atoms with E-state index in [1.807, 2.05) is 54.6 Å². The van der Waals surface area contributed by atoms with E-state index in [1.54, 1.807) is 4.68 Å². The second kappa shape index (κ2) is 9.67. The maximum absolute atomic E-state index is 12.7. The lowest BCUT2D eigenvalue weighted by molar-refractivity contribution is -0.113. The van der Waals surface area contributed by atoms with E-state index in [2.05, 4.69) is 25.7 Å². The number of aromatic nitrogens is 4. The molecule has 0 bridgehead atoms. The zero-order valence-corrected chi connectivity index (χ0v) is 19.1. The number of thioether (sulfide) groups is 1. The molecular formula is C20H23N7O3S2. The fraction of sp³-hybridized carbons (Fsp3) is 0.300. The van der Waals surface area contributed by atoms with Crippen molar-refractivity contribution < 1.29 is 13.2 Å². The number of amides is 1. The molecule has 12 heteroatoms. The van der Waals surface area contributed by atoms with Crippen LogP contribution in [-0.2, 0) is 14.8 Å². The molecule has 0 aliphatic carbocycles. The molecule has 0 unspecified atom stereocenters. The zero-order chi connectivity index (χ0) is 22.6. The van der Waals surface area contributed by atoms with Gasteiger partial charge in [0.05, 0.1) is 29.1 Å². The van der Waals surface area contributed by atoms with Crippen molar-refractivity contribution in [3.63, 3.8) is 0 Å². The van der Waals surface area contributed by atoms with Gasteiger partial charge in [0.1, 0.15) is 0 Å². The Morgan fingerprint density at radius 3 is 2.44 bits per heavy atom. The number of sulfonamides is 1. The summed E-state index contributed by atoms with van der Waals surface area (Å²) in [5.41, 5.74) is 2.38. The largest absolute Gasteiger partial charge is 0.367 e. The van der Waals surface area contributed by atoms with Crippen molar-refractivity contribution in [2.75, 3.05) is 48.4 Å². The van der Waals surface area contributed by atoms with Crippen LogP contribution in [0.4, 0.5) is 11.4 Å². The summed E-state index contributed by atoms with van der Waals surface area (Å²) in [6, 6.07) is 17.0. The molecule has 1 aliphatic rings. The Kier molecular flexibility index (Phi) is 6.72. The summed E-state index contributed by atoms with van der Waals surface area (Å²) in [4.78, 5) is 14.7. The van der Waals surface area contributed by atoms with Gasteiger partial charge in [-0.3, -0.25) is 4.79 Å². The average molecular weight is 474 g/mol. The number of rotatable bonds is 7. The topological polar surface area (TPSA) is 113 Å². The molecule has 4 rings (SSSR count). The van der Waals surface area contributed by atoms with E-state index >= 15 is 0 Å². The van der Waals surface area contributed by atoms with E-state index in [1.165, 1.54) is 22.3 Å². The Balaban J connectivity index is 1.39. The van der Waals surface area contributed by atoms with E-state index in [-0.39, 0.29) is 11.7 Å². The van der Waals surface area contributed by atoms with Crippen LogP contribution in [0.3, 0.4) is 0 Å². The molecule has 1 aromatic heterocycles. The van der Waals surface area contributed by atoms with E-state index in [9.17, 15) is 13.2 Å². The minimum atomic E-state index is -3.20. The normalized spacial score (nSPS) is 15.0. The predicted octanol–water partition coefficient (Wildman–Crippen LogP) is 1.47. The zero-order valence-electron chi connectivity index (χ0n) is 17.5. The number of hydrogen-bond acceptors (Lipinski definition) is 8. The molecule has 1 aliphatic heterocycles. The average Bonchev–Trinajstić information content (AvgIpc) is 3.27. The minimum absolute atomic E-state index is 0.142. The fourth-order valence-electron chi connectivity index (χ4n) is 3.43. The highest BCUT2D eigenvalue weighted by molar-refractivity contribution is 7.99. The highest BCUT2D eigenvalue weighted by Gasteiger charge is 2.25. The smallest absolute Gasteiger partial charge is 0.234 e. The van der Waals surface area contributed by atoms with Crippen LogP contribution in [0.5, 0.6) is 0 Å². The van der Waals surface area contributed by atoms with Crippen molar-refractivity contribution in [1.82, 2.24) is 24.5 Å². The van der Waals surface area contributed by atoms with Crippen LogP contribution in [-0.4, -0.2) is 77.0 Å². The maximum Gasteiger partial charge on any atom is 0.234 e. The molecule has 168 valence electrons. The second-order valence-electron chi connectivity index (χ2n) is 7.21. The number of carbonyl (C=O) groups excluding carboxylic acids is 1. The van der Waals surface area contributed by atoms with Gasteiger partial charge in [0.15, 0.2) is 0 Å². The van der Waals surface area contributed by atoms with Gasteiger partial charge >= 0.3 is 0 Å². The Hall–Kier alpha value is -2.96. The number of carbonyl (C=O) groups is 1. The quantitative estimate of drug-likeness (QED) is 0.514. The summed E-state index contributed by atoms with van der Waals surface area (Å²) >= 11 is 1.25. The number of benzene rings is 2. The van der Waals surface area contributed by atoms with Gasteiger partial charge in [0.2, 0.25) is 21.1 Å². The molecule has 1 amide bonds. The molecule has 0 spiro atoms. The van der Waals surface area contributed by atoms with Gasteiger partial charge < -0.3 is 10.2 Å². The molecule has 2 aromatic carbocycles. The summed E-state index contributed by atoms with van der Waals surface area (Å²) in [7, 11) is -3.20. The van der Waals surface area contributed by atoms with Gasteiger partial charge in [0, 0.05) is 26.2 Å². The van der Waals surface area contributed by atoms with Gasteiger partial charge in [-0.1, -0.05) is 42.1 Å². The molecule has 2 heterocycles. The lowest BCUT2D eigenvalue weighted by atomic mass is 10.2. The standard InChI is InChI=1S/C20H23N7O3S2/c1-32(29,30)26-13-11-25(12-14-26)18-10-6-5-9-17(18)21-19(28)15-31-20-22-23-24-27(20)16-7-3-2-4-8-16/h2-10H,11-15H2,1H3,(H,21,28). The Morgan fingerprint density at radius 2 is 1.72 bits per heavy atom. The van der Waals surface area contributed by atoms with Crippen molar-refractivity contribution in [3.05, 3.63) is 54.6 Å². The van der Waals surface area contributed by atoms with Crippen LogP contribution in [0.15, 0.2) is 59.8 Å². The molecule has 0 atom stereocenters. The third kappa shape index (κ3) is 5.26. The lowest BCUT2D eigenvalue weighted by Crippen LogP contribution is -2.48. The summed E-state index contributed by atoms with van der Waals surface area (Å²) < 4.78 is 26.6. The first kappa shape index (κ1) is 22.2. The molecule has 32 heavy (non-hydrogen) atoms. The van der Waals surface area contributed by atoms with E-state index in [0.29, 0.717) is 37.0 Å². The van der Waals surface area contributed by atoms with Crippen LogP contribution < -0.4 is 10.2 Å². The molecule has 0 radical (unpaired) electrons. The number of para-hydroxylation sites is 3. The monoisotopic (exact) mass is 473 g/mol. The Bertz CT molecular complexity index is 1180. The molecule has 1 saturated heterocycles. The predicted molar refractivity (Wildman–Crippen MR) is 124 cm³/mol. The molecule has 1 fully saturated rings. The molecular weight excluding hydrogens is 450 g/mol. The van der Waals surface area contributed by atoms with Crippen molar-refractivity contribution in [1.29, 1.82) is 0 Å². The first-order valence-corrected chi connectivity index (χ1v) is 12.8. The number of nitrogens with zero attached hydrogens (tertiary/aromatic N) is 6. The first-order chi connectivity index (χ1) is 15.4. The summed E-state index contributed by atoms with van der Waals surface area (Å²) in [5.74, 6) is -0.0385. The fourth-order valence-corrected chi connectivity index (χ4v) is 4.95. The molecule has 0 saturated carbocycles. The summed E-state index contributed by atoms with van der Waals surface area (Å²) in [5, 5.41) is 15.2. The van der Waals surface area contributed by atoms with Crippen LogP contribution in [0.25, 0.3) is 5.69 Å². The van der Waals surface area contributed by atoms with Gasteiger partial charge in [-0.25, -0.2) is 8.42 Å². The number of tetrazole rings is 1. The number of piperazine rings is 1. The number of anilines is 2. The highest BCUT2D eigenvalue weighted by atomic mass is 32.2. The molecule has 10 nitrogen and oxygen atoms in total. The third-order valence-corrected chi connectivity index (χ3v) is 7.22. The van der Waals surface area contributed by atoms with Crippen molar-refractivity contribution in [3.8, 4) is 5.69 Å². The van der Waals surface area contributed by atoms with Crippen molar-refractivity contribution in [2.45, 2.75) is 5.16 Å². The summed E-state index contributed by atoms with van der Waals surface area (Å²) in [6.45, 7) is 1.94. The van der Waals surface area contributed by atoms with Gasteiger partial charge in [0.25, 0.3) is 0 Å². The van der Waals surface area contributed by atoms with E-state index in [4.69, 9.17) is 0 Å². The van der Waals surface area contributed by atoms with Gasteiger partial charge in [-0.15, -0.1) is 5.10 Å². The summed E-state index contributed by atoms with van der Waals surface area (Å²) in [6.07, 6.45) is 1.22. The lowest BCUT2D eigenvalue weighted by Gasteiger charge is -2.35. The van der Waals surface area contributed by atoms with Crippen LogP contribution >= 0.6 is 11.8 Å². The maximum atomic E-state index is 12.7. The second-order valence-corrected chi connectivity index (χ2v) is 10.1.